The van der Waals surface area contributed by atoms with E-state index in [-0.39, 0.29) is 0 Å². The lowest BCUT2D eigenvalue weighted by molar-refractivity contribution is 0.282. The first kappa shape index (κ1) is 10.3. The van der Waals surface area contributed by atoms with Gasteiger partial charge in [0.25, 0.3) is 0 Å². The van der Waals surface area contributed by atoms with E-state index in [9.17, 15) is 0 Å². The predicted molar refractivity (Wildman–Crippen MR) is 52.5 cm³/mol. The van der Waals surface area contributed by atoms with Crippen LogP contribution < -0.4 is 0 Å². The molecular formula is C10H18N2O. The second-order valence-electron chi connectivity index (χ2n) is 3.35. The Labute approximate surface area is 79.2 Å². The minimum atomic E-state index is 0.335. The van der Waals surface area contributed by atoms with Gasteiger partial charge in [0.05, 0.1) is 6.20 Å². The highest BCUT2D eigenvalue weighted by Crippen LogP contribution is 2.06. The van der Waals surface area contributed by atoms with E-state index in [2.05, 4.69) is 10.2 Å². The van der Waals surface area contributed by atoms with Crippen molar-refractivity contribution in [1.82, 2.24) is 10.2 Å². The van der Waals surface area contributed by atoms with Crippen LogP contribution in [0.25, 0.3) is 0 Å². The van der Waals surface area contributed by atoms with Gasteiger partial charge in [-0.25, -0.2) is 0 Å². The molecule has 0 spiro atoms. The van der Waals surface area contributed by atoms with Crippen molar-refractivity contribution < 1.29 is 5.11 Å². The molecule has 3 nitrogen and oxygen atoms in total. The highest BCUT2D eigenvalue weighted by molar-refractivity contribution is 5.01. The molecule has 1 heterocycles. The van der Waals surface area contributed by atoms with Gasteiger partial charge in [0.1, 0.15) is 0 Å². The van der Waals surface area contributed by atoms with Crippen molar-refractivity contribution >= 4 is 0 Å². The summed E-state index contributed by atoms with van der Waals surface area (Å²) in [5.74, 6) is 0. The summed E-state index contributed by atoms with van der Waals surface area (Å²) in [5.41, 5.74) is 1.29. The van der Waals surface area contributed by atoms with Gasteiger partial charge in [-0.2, -0.15) is 5.10 Å². The summed E-state index contributed by atoms with van der Waals surface area (Å²) in [4.78, 5) is 0. The maximum absolute atomic E-state index is 8.56. The number of aromatic amines is 1. The molecule has 0 aliphatic heterocycles. The van der Waals surface area contributed by atoms with E-state index in [1.807, 2.05) is 12.4 Å². The predicted octanol–water partition coefficient (Wildman–Crippen LogP) is 1.89. The number of aromatic nitrogens is 2. The largest absolute Gasteiger partial charge is 0.396 e. The fraction of sp³-hybridized carbons (Fsp3) is 0.700. The lowest BCUT2D eigenvalue weighted by Gasteiger charge is -1.98. The van der Waals surface area contributed by atoms with Crippen LogP contribution in [-0.2, 0) is 6.42 Å². The Bertz CT molecular complexity index is 197. The van der Waals surface area contributed by atoms with Gasteiger partial charge in [0.15, 0.2) is 0 Å². The third kappa shape index (κ3) is 4.68. The second-order valence-corrected chi connectivity index (χ2v) is 3.35. The van der Waals surface area contributed by atoms with Crippen molar-refractivity contribution in [2.45, 2.75) is 38.5 Å². The van der Waals surface area contributed by atoms with Crippen LogP contribution in [0.3, 0.4) is 0 Å². The number of nitrogens with zero attached hydrogens (tertiary/aromatic N) is 1. The number of rotatable bonds is 7. The Hall–Kier alpha value is -0.830. The number of aliphatic hydroxyl groups is 1. The van der Waals surface area contributed by atoms with Gasteiger partial charge in [-0.15, -0.1) is 0 Å². The molecule has 0 aliphatic rings. The average molecular weight is 182 g/mol. The Morgan fingerprint density at radius 1 is 1.15 bits per heavy atom. The van der Waals surface area contributed by atoms with Crippen molar-refractivity contribution in [2.75, 3.05) is 6.61 Å². The number of H-pyrrole nitrogens is 1. The SMILES string of the molecule is OCCCCCCCc1cn[nH]c1. The molecule has 0 amide bonds. The molecule has 0 aromatic carbocycles. The molecule has 0 saturated heterocycles. The van der Waals surface area contributed by atoms with Crippen LogP contribution in [-0.4, -0.2) is 21.9 Å². The second kappa shape index (κ2) is 6.66. The Morgan fingerprint density at radius 2 is 1.92 bits per heavy atom. The molecule has 0 atom stereocenters. The van der Waals surface area contributed by atoms with Crippen molar-refractivity contribution in [3.05, 3.63) is 18.0 Å². The maximum Gasteiger partial charge on any atom is 0.0519 e. The van der Waals surface area contributed by atoms with E-state index in [1.165, 1.54) is 24.8 Å². The lowest BCUT2D eigenvalue weighted by atomic mass is 10.1. The first-order chi connectivity index (χ1) is 6.43. The van der Waals surface area contributed by atoms with Crippen LogP contribution in [0.5, 0.6) is 0 Å². The third-order valence-corrected chi connectivity index (χ3v) is 2.18. The normalized spacial score (nSPS) is 10.5. The number of aryl methyl sites for hydroxylation is 1. The number of unbranched alkanes of at least 4 members (excludes halogenated alkanes) is 4. The first-order valence-electron chi connectivity index (χ1n) is 5.02. The average Bonchev–Trinajstić information content (AvgIpc) is 2.63. The Balaban J connectivity index is 1.90. The van der Waals surface area contributed by atoms with Gasteiger partial charge < -0.3 is 5.11 Å². The van der Waals surface area contributed by atoms with Crippen LogP contribution in [0.1, 0.15) is 37.7 Å². The molecule has 1 aromatic heterocycles. The number of nitrogens with one attached hydrogen (secondary N) is 1. The van der Waals surface area contributed by atoms with Gasteiger partial charge in [0, 0.05) is 12.8 Å². The van der Waals surface area contributed by atoms with Gasteiger partial charge >= 0.3 is 0 Å². The van der Waals surface area contributed by atoms with Gasteiger partial charge in [0.2, 0.25) is 0 Å². The third-order valence-electron chi connectivity index (χ3n) is 2.18. The Kier molecular flexibility index (Phi) is 5.25. The van der Waals surface area contributed by atoms with E-state index < -0.39 is 0 Å². The summed E-state index contributed by atoms with van der Waals surface area (Å²) in [6, 6.07) is 0. The van der Waals surface area contributed by atoms with Crippen LogP contribution in [0.2, 0.25) is 0 Å². The van der Waals surface area contributed by atoms with Crippen LogP contribution in [0.15, 0.2) is 12.4 Å². The van der Waals surface area contributed by atoms with E-state index in [0.717, 1.165) is 19.3 Å². The maximum atomic E-state index is 8.56. The highest BCUT2D eigenvalue weighted by atomic mass is 16.2. The van der Waals surface area contributed by atoms with Gasteiger partial charge in [-0.05, 0) is 24.8 Å². The van der Waals surface area contributed by atoms with E-state index in [0.29, 0.717) is 6.61 Å². The molecule has 0 aliphatic carbocycles. The van der Waals surface area contributed by atoms with Crippen LogP contribution >= 0.6 is 0 Å². The van der Waals surface area contributed by atoms with Crippen molar-refractivity contribution in [2.24, 2.45) is 0 Å². The topological polar surface area (TPSA) is 48.9 Å². The minimum absolute atomic E-state index is 0.335. The highest BCUT2D eigenvalue weighted by Gasteiger charge is 1.94. The zero-order valence-electron chi connectivity index (χ0n) is 8.00. The molecule has 0 unspecified atom stereocenters. The van der Waals surface area contributed by atoms with Crippen molar-refractivity contribution in [1.29, 1.82) is 0 Å². The summed E-state index contributed by atoms with van der Waals surface area (Å²) < 4.78 is 0. The quantitative estimate of drug-likeness (QED) is 0.633. The molecule has 0 saturated carbocycles. The summed E-state index contributed by atoms with van der Waals surface area (Å²) in [6.07, 6.45) is 10.8. The molecule has 0 radical (unpaired) electrons. The van der Waals surface area contributed by atoms with Gasteiger partial charge in [-0.1, -0.05) is 19.3 Å². The summed E-state index contributed by atoms with van der Waals surface area (Å²) >= 11 is 0. The number of aliphatic hydroxyl groups excluding tert-OH is 1. The minimum Gasteiger partial charge on any atom is -0.396 e. The van der Waals surface area contributed by atoms with E-state index in [4.69, 9.17) is 5.11 Å². The summed E-state index contributed by atoms with van der Waals surface area (Å²) in [5, 5.41) is 15.3. The molecule has 3 heteroatoms. The zero-order chi connectivity index (χ0) is 9.36. The molecule has 1 rings (SSSR count). The monoisotopic (exact) mass is 182 g/mol. The number of hydrogen-bond acceptors (Lipinski definition) is 2. The van der Waals surface area contributed by atoms with Crippen LogP contribution in [0.4, 0.5) is 0 Å². The van der Waals surface area contributed by atoms with Crippen molar-refractivity contribution in [3.63, 3.8) is 0 Å². The zero-order valence-corrected chi connectivity index (χ0v) is 8.00. The van der Waals surface area contributed by atoms with E-state index >= 15 is 0 Å². The Morgan fingerprint density at radius 3 is 2.62 bits per heavy atom. The smallest absolute Gasteiger partial charge is 0.0519 e. The molecule has 2 N–H and O–H groups in total. The molecular weight excluding hydrogens is 164 g/mol. The molecule has 13 heavy (non-hydrogen) atoms. The van der Waals surface area contributed by atoms with Crippen molar-refractivity contribution in [3.8, 4) is 0 Å². The first-order valence-corrected chi connectivity index (χ1v) is 5.02. The fourth-order valence-electron chi connectivity index (χ4n) is 1.39. The summed E-state index contributed by atoms with van der Waals surface area (Å²) in [6.45, 7) is 0.335. The standard InChI is InChI=1S/C10H18N2O/c13-7-5-3-1-2-4-6-10-8-11-12-9-10/h8-9,13H,1-7H2,(H,11,12). The van der Waals surface area contributed by atoms with Gasteiger partial charge in [-0.3, -0.25) is 5.10 Å². The van der Waals surface area contributed by atoms with Crippen LogP contribution in [0, 0.1) is 0 Å². The molecule has 74 valence electrons. The van der Waals surface area contributed by atoms with E-state index in [1.54, 1.807) is 0 Å². The molecule has 0 fully saturated rings. The number of hydrogen-bond donors (Lipinski definition) is 2. The molecule has 0 bridgehead atoms. The summed E-state index contributed by atoms with van der Waals surface area (Å²) in [7, 11) is 0. The fourth-order valence-corrected chi connectivity index (χ4v) is 1.39. The lowest BCUT2D eigenvalue weighted by Crippen LogP contribution is -1.86. The molecule has 1 aromatic rings.